The molecule has 8 nitrogen and oxygen atoms in total. The Hall–Kier alpha value is -3.16. The fraction of sp³-hybridized carbons (Fsp3) is 0.105. The van der Waals surface area contributed by atoms with Gasteiger partial charge in [0.2, 0.25) is 5.78 Å². The summed E-state index contributed by atoms with van der Waals surface area (Å²) in [5.41, 5.74) is 5.54. The van der Waals surface area contributed by atoms with Gasteiger partial charge in [0, 0.05) is 15.9 Å². The minimum atomic E-state index is -3.78. The number of halogens is 1. The molecule has 0 radical (unpaired) electrons. The zero-order valence-electron chi connectivity index (χ0n) is 15.2. The minimum Gasteiger partial charge on any atom is -0.454 e. The van der Waals surface area contributed by atoms with Crippen molar-refractivity contribution in [3.63, 3.8) is 0 Å². The second-order valence-electron chi connectivity index (χ2n) is 5.81. The molecular weight excluding hydrogens is 462 g/mol. The number of hydrogen-bond acceptors (Lipinski definition) is 7. The molecule has 29 heavy (non-hydrogen) atoms. The molecule has 0 bridgehead atoms. The van der Waals surface area contributed by atoms with E-state index in [1.807, 2.05) is 0 Å². The lowest BCUT2D eigenvalue weighted by atomic mass is 10.1. The van der Waals surface area contributed by atoms with Gasteiger partial charge in [-0.05, 0) is 55.5 Å². The van der Waals surface area contributed by atoms with Crippen molar-refractivity contribution in [3.8, 4) is 6.07 Å². The number of rotatable bonds is 7. The van der Waals surface area contributed by atoms with E-state index in [4.69, 9.17) is 15.7 Å². The summed E-state index contributed by atoms with van der Waals surface area (Å²) in [4.78, 5) is 23.9. The van der Waals surface area contributed by atoms with E-state index >= 15 is 0 Å². The third-order valence-electron chi connectivity index (χ3n) is 3.62. The number of Topliss-reactive ketones (excluding diaryl/α,β-unsaturated/α-hetero) is 1. The van der Waals surface area contributed by atoms with Gasteiger partial charge in [0.15, 0.2) is 6.61 Å². The first-order valence-corrected chi connectivity index (χ1v) is 10.4. The molecule has 0 aliphatic rings. The van der Waals surface area contributed by atoms with E-state index in [2.05, 4.69) is 20.7 Å². The predicted molar refractivity (Wildman–Crippen MR) is 109 cm³/mol. The third-order valence-corrected chi connectivity index (χ3v) is 5.54. The maximum absolute atomic E-state index is 12.4. The van der Waals surface area contributed by atoms with Crippen LogP contribution in [-0.2, 0) is 19.6 Å². The Bertz CT molecular complexity index is 1100. The Morgan fingerprint density at radius 2 is 1.72 bits per heavy atom. The van der Waals surface area contributed by atoms with E-state index in [0.29, 0.717) is 0 Å². The van der Waals surface area contributed by atoms with E-state index in [0.717, 1.165) is 4.47 Å². The molecule has 0 amide bonds. The number of carbonyl (C=O) groups excluding carboxylic acids is 2. The largest absolute Gasteiger partial charge is 0.454 e. The second kappa shape index (κ2) is 9.36. The molecule has 2 aromatic carbocycles. The van der Waals surface area contributed by atoms with Crippen molar-refractivity contribution < 1.29 is 22.7 Å². The summed E-state index contributed by atoms with van der Waals surface area (Å²) in [6.45, 7) is 0.764. The van der Waals surface area contributed by atoms with Gasteiger partial charge >= 0.3 is 5.97 Å². The lowest BCUT2D eigenvalue weighted by molar-refractivity contribution is -0.118. The molecule has 0 aliphatic carbocycles. The first-order valence-electron chi connectivity index (χ1n) is 8.09. The number of carbonyl (C=O) groups is 2. The van der Waals surface area contributed by atoms with Crippen LogP contribution in [0.3, 0.4) is 0 Å². The van der Waals surface area contributed by atoms with Gasteiger partial charge in [0.1, 0.15) is 11.6 Å². The molecule has 0 aromatic heterocycles. The maximum atomic E-state index is 12.4. The van der Waals surface area contributed by atoms with Crippen molar-refractivity contribution >= 4 is 43.4 Å². The molecule has 0 unspecified atom stereocenters. The van der Waals surface area contributed by atoms with Gasteiger partial charge in [-0.1, -0.05) is 15.9 Å². The molecule has 0 aliphatic heterocycles. The summed E-state index contributed by atoms with van der Waals surface area (Å²) in [6, 6.07) is 13.2. The summed E-state index contributed by atoms with van der Waals surface area (Å²) >= 11 is 3.24. The molecule has 0 spiro atoms. The zero-order valence-corrected chi connectivity index (χ0v) is 17.6. The monoisotopic (exact) mass is 477 g/mol. The fourth-order valence-corrected chi connectivity index (χ4v) is 3.48. The number of nitrogens with two attached hydrogens (primary N) is 1. The highest BCUT2D eigenvalue weighted by Crippen LogP contribution is 2.19. The number of ether oxygens (including phenoxy) is 1. The smallest absolute Gasteiger partial charge is 0.338 e. The van der Waals surface area contributed by atoms with E-state index in [9.17, 15) is 18.0 Å². The molecule has 2 aromatic rings. The van der Waals surface area contributed by atoms with Crippen LogP contribution in [0.4, 0.5) is 5.69 Å². The normalized spacial score (nSPS) is 11.8. The molecule has 0 atom stereocenters. The number of allylic oxidation sites excluding steroid dienone is 1. The van der Waals surface area contributed by atoms with Gasteiger partial charge in [-0.15, -0.1) is 0 Å². The molecule has 0 saturated carbocycles. The van der Waals surface area contributed by atoms with Crippen molar-refractivity contribution in [3.05, 3.63) is 69.8 Å². The molecule has 2 rings (SSSR count). The van der Waals surface area contributed by atoms with Crippen molar-refractivity contribution in [2.24, 2.45) is 5.73 Å². The van der Waals surface area contributed by atoms with Crippen LogP contribution in [0.1, 0.15) is 17.3 Å². The standard InChI is InChI=1S/C19H16BrN3O5S/c1-12(22)17(10-21)18(24)11-28-19(25)13-2-6-15(7-3-13)23-29(26,27)16-8-4-14(20)5-9-16/h2-9,23H,11,22H2,1H3/b17-12-. The van der Waals surface area contributed by atoms with Crippen LogP contribution >= 0.6 is 15.9 Å². The Balaban J connectivity index is 2.03. The Labute approximate surface area is 176 Å². The van der Waals surface area contributed by atoms with Crippen molar-refractivity contribution in [2.45, 2.75) is 11.8 Å². The predicted octanol–water partition coefficient (Wildman–Crippen LogP) is 2.73. The highest BCUT2D eigenvalue weighted by atomic mass is 79.9. The van der Waals surface area contributed by atoms with Crippen LogP contribution in [0.5, 0.6) is 0 Å². The van der Waals surface area contributed by atoms with Crippen LogP contribution in [0.15, 0.2) is 69.2 Å². The number of hydrogen-bond donors (Lipinski definition) is 2. The van der Waals surface area contributed by atoms with Crippen LogP contribution in [0.2, 0.25) is 0 Å². The Morgan fingerprint density at radius 3 is 2.24 bits per heavy atom. The fourth-order valence-electron chi connectivity index (χ4n) is 2.16. The molecule has 0 fully saturated rings. The minimum absolute atomic E-state index is 0.0379. The highest BCUT2D eigenvalue weighted by Gasteiger charge is 2.17. The average Bonchev–Trinajstić information content (AvgIpc) is 2.67. The van der Waals surface area contributed by atoms with Gasteiger partial charge < -0.3 is 10.5 Å². The average molecular weight is 478 g/mol. The number of anilines is 1. The molecule has 10 heteroatoms. The van der Waals surface area contributed by atoms with Gasteiger partial charge in [-0.25, -0.2) is 13.2 Å². The summed E-state index contributed by atoms with van der Waals surface area (Å²) in [7, 11) is -3.78. The first kappa shape index (κ1) is 22.1. The molecule has 3 N–H and O–H groups in total. The maximum Gasteiger partial charge on any atom is 0.338 e. The highest BCUT2D eigenvalue weighted by molar-refractivity contribution is 9.10. The van der Waals surface area contributed by atoms with Gasteiger partial charge in [0.25, 0.3) is 10.0 Å². The Kier molecular flexibility index (Phi) is 7.14. The zero-order chi connectivity index (χ0) is 21.6. The van der Waals surface area contributed by atoms with E-state index in [1.54, 1.807) is 18.2 Å². The molecule has 0 heterocycles. The van der Waals surface area contributed by atoms with Crippen LogP contribution in [0, 0.1) is 11.3 Å². The number of nitrogens with zero attached hydrogens (tertiary/aromatic N) is 1. The number of ketones is 1. The summed E-state index contributed by atoms with van der Waals surface area (Å²) < 4.78 is 32.7. The lowest BCUT2D eigenvalue weighted by Gasteiger charge is -2.09. The molecule has 150 valence electrons. The molecular formula is C19H16BrN3O5S. The number of benzene rings is 2. The quantitative estimate of drug-likeness (QED) is 0.354. The number of esters is 1. The van der Waals surface area contributed by atoms with Crippen LogP contribution < -0.4 is 10.5 Å². The third kappa shape index (κ3) is 5.91. The van der Waals surface area contributed by atoms with Crippen molar-refractivity contribution in [1.29, 1.82) is 5.26 Å². The van der Waals surface area contributed by atoms with Crippen LogP contribution in [0.25, 0.3) is 0 Å². The number of nitrogens with one attached hydrogen (secondary N) is 1. The van der Waals surface area contributed by atoms with Gasteiger partial charge in [-0.3, -0.25) is 9.52 Å². The topological polar surface area (TPSA) is 139 Å². The van der Waals surface area contributed by atoms with Crippen molar-refractivity contribution in [1.82, 2.24) is 0 Å². The summed E-state index contributed by atoms with van der Waals surface area (Å²) in [5, 5.41) is 8.86. The summed E-state index contributed by atoms with van der Waals surface area (Å²) in [5.74, 6) is -1.51. The SMILES string of the molecule is C/C(N)=C(\C#N)C(=O)COC(=O)c1ccc(NS(=O)(=O)c2ccc(Br)cc2)cc1. The van der Waals surface area contributed by atoms with Crippen LogP contribution in [-0.4, -0.2) is 26.8 Å². The second-order valence-corrected chi connectivity index (χ2v) is 8.40. The van der Waals surface area contributed by atoms with Gasteiger partial charge in [-0.2, -0.15) is 5.26 Å². The van der Waals surface area contributed by atoms with E-state index in [1.165, 1.54) is 43.3 Å². The van der Waals surface area contributed by atoms with Crippen molar-refractivity contribution in [2.75, 3.05) is 11.3 Å². The Morgan fingerprint density at radius 1 is 1.14 bits per heavy atom. The first-order chi connectivity index (χ1) is 13.6. The number of sulfonamides is 1. The molecule has 0 saturated heterocycles. The number of nitriles is 1. The lowest BCUT2D eigenvalue weighted by Crippen LogP contribution is -2.17. The van der Waals surface area contributed by atoms with E-state index in [-0.39, 0.29) is 27.4 Å². The summed E-state index contributed by atoms with van der Waals surface area (Å²) in [6.07, 6.45) is 0. The van der Waals surface area contributed by atoms with Gasteiger partial charge in [0.05, 0.1) is 10.5 Å². The van der Waals surface area contributed by atoms with E-state index < -0.39 is 28.4 Å².